The van der Waals surface area contributed by atoms with Crippen LogP contribution in [0.25, 0.3) is 44.7 Å². The number of terminal acetylenes is 1. The first-order chi connectivity index (χ1) is 68.3. The number of carbonyl (C=O) groups is 1. The molecule has 0 bridgehead atoms. The van der Waals surface area contributed by atoms with Gasteiger partial charge in [0.05, 0.1) is 56.7 Å². The lowest BCUT2D eigenvalue weighted by Crippen LogP contribution is -2.46. The Labute approximate surface area is 821 Å². The lowest BCUT2D eigenvalue weighted by Gasteiger charge is -2.25. The quantitative estimate of drug-likeness (QED) is 0.00686. The number of ether oxygens (including phenoxy) is 7. The molecular formula is C82H97Br2F5N27O27P. The van der Waals surface area contributed by atoms with E-state index in [1.165, 1.54) is 20.0 Å². The minimum atomic E-state index is -3.13. The number of fused-ring (bicyclic) bond motifs is 5. The Kier molecular flexibility index (Phi) is 37.5. The first-order valence-corrected chi connectivity index (χ1v) is 45.8. The zero-order chi connectivity index (χ0) is 104. The van der Waals surface area contributed by atoms with Crippen molar-refractivity contribution >= 4 is 136 Å². The van der Waals surface area contributed by atoms with Crippen LogP contribution in [0.15, 0.2) is 156 Å². The van der Waals surface area contributed by atoms with Crippen molar-refractivity contribution in [2.75, 3.05) is 90.2 Å². The Morgan fingerprint density at radius 1 is 0.479 bits per heavy atom. The number of alkyl halides is 6. The standard InChI is InChI=1S/C17H19FN6O5.C17H18FN5O5.C12H12NO2P.C11H14FN5O5.C10H11BrFN5O4.C10H12FN5O4.C3H3Br.C2H6O.H2O/c18-10-9(6-25)29-15(12(10)26)23-13-11(14(27)24(20)16(19)22-13)21-17(23)28-7-8-4-2-1-3-5-8;18-10-9(6-24)28-15(12(10)25)23-13-11(14(26)22-16(19)21-13)20-17(23)27-7-8-4-2-1-3-5-8;13-15-16(14,11-7-3-1-4-8-11)12-9-5-2-6-10-12;12-6-4(2-18)22-10(7(6)20)16-5(19)1-3-8(16)15-11(13)17(14)9(3)21;11-9-14-4-6(15-10(13)16-7(4)20)17(9)8-5(19)3(12)2(1-18)21-8;11-4-3(1-17)20-9(6(4)18)16-2-13-5-7(16)14-10(12)15-8(5)19;1-2-3-4;1-2-3;/h1-5,9-10,12,15,25-26H,6-7,20H2,(H2,19,22);1-5,9-10,12,15,24-25H,6-7H2,(H3,19,21,22,26);1-10H,13H2;4,6-7,10,18,20H,1-2,14H2,(H2,13,15);2-3,5,8,18-19H,1H2,(H3,13,15,16,20);2-4,6,9,17-18H,1H2,(H3,12,14,15,19);1H,3H2;3H,2H2,1H3;1H2/t2*9-,10+,12-,15-;;4-,6-,7-,10-;2-,3+,5-,8-;3-,4+,6-,9-;;;/m11.111.../s1. The molecule has 19 rings (SSSR count). The summed E-state index contributed by atoms with van der Waals surface area (Å²) >= 11 is 6.12. The van der Waals surface area contributed by atoms with E-state index in [0.29, 0.717) is 25.3 Å². The van der Waals surface area contributed by atoms with Crippen LogP contribution >= 0.6 is 39.2 Å². The maximum Gasteiger partial charge on any atom is 0.301 e. The molecule has 6 aliphatic heterocycles. The number of imidazole rings is 4. The molecule has 0 unspecified atom stereocenters. The highest BCUT2D eigenvalue weighted by molar-refractivity contribution is 9.10. The van der Waals surface area contributed by atoms with Crippen molar-refractivity contribution in [3.05, 3.63) is 201 Å². The number of aliphatic hydroxyl groups is 11. The average molecular weight is 2180 g/mol. The Balaban J connectivity index is 0.000000164. The number of nitrogen functional groups attached to an aromatic ring is 7. The molecule has 776 valence electrons. The molecule has 20 atom stereocenters. The predicted octanol–water partition coefficient (Wildman–Crippen LogP) is -4.89. The van der Waals surface area contributed by atoms with Gasteiger partial charge in [-0.25, -0.2) is 51.6 Å². The molecule has 0 aliphatic carbocycles. The number of amides is 1. The molecule has 4 aromatic carbocycles. The van der Waals surface area contributed by atoms with Gasteiger partial charge in [0.2, 0.25) is 35.6 Å². The minimum absolute atomic E-state index is 0. The van der Waals surface area contributed by atoms with Crippen molar-refractivity contribution in [3.8, 4) is 24.4 Å². The number of hydrogen-bond acceptors (Lipinski definition) is 43. The number of nitrogens with two attached hydrogens (primary N) is 8. The lowest BCUT2D eigenvalue weighted by atomic mass is 10.1. The van der Waals surface area contributed by atoms with Gasteiger partial charge in [0.15, 0.2) is 117 Å². The van der Waals surface area contributed by atoms with Crippen LogP contribution in [-0.2, 0) is 57.3 Å². The monoisotopic (exact) mass is 2180 g/mol. The summed E-state index contributed by atoms with van der Waals surface area (Å²) < 4.78 is 131. The minimum Gasteiger partial charge on any atom is -0.460 e. The van der Waals surface area contributed by atoms with Crippen LogP contribution in [0.2, 0.25) is 0 Å². The predicted molar refractivity (Wildman–Crippen MR) is 506 cm³/mol. The molecule has 0 saturated carbocycles. The van der Waals surface area contributed by atoms with Gasteiger partial charge in [-0.1, -0.05) is 119 Å². The number of carbonyl (C=O) groups excluding carboxylic acids is 1. The van der Waals surface area contributed by atoms with Crippen molar-refractivity contribution in [1.82, 2.24) is 87.4 Å². The molecule has 0 spiro atoms. The molecule has 144 heavy (non-hydrogen) atoms. The summed E-state index contributed by atoms with van der Waals surface area (Å²) in [5.74, 6) is 16.7. The average Bonchev–Trinajstić information content (AvgIpc) is 1.61. The number of aromatic nitrogens is 18. The van der Waals surface area contributed by atoms with Gasteiger partial charge in [-0.05, 0) is 58.2 Å². The number of anilines is 6. The molecule has 54 nitrogen and oxygen atoms in total. The van der Waals surface area contributed by atoms with Crippen LogP contribution in [0.1, 0.15) is 48.5 Å². The largest absolute Gasteiger partial charge is 0.460 e. The molecule has 15 heterocycles. The number of H-pyrrole nitrogens is 3. The van der Waals surface area contributed by atoms with E-state index in [1.807, 2.05) is 97.1 Å². The molecule has 6 aliphatic rings. The highest BCUT2D eigenvalue weighted by atomic mass is 79.9. The van der Waals surface area contributed by atoms with E-state index in [-0.39, 0.29) is 134 Å². The van der Waals surface area contributed by atoms with Crippen molar-refractivity contribution in [1.29, 1.82) is 0 Å². The van der Waals surface area contributed by atoms with Crippen LogP contribution < -0.4 is 99.0 Å². The summed E-state index contributed by atoms with van der Waals surface area (Å²) in [5, 5.41) is 105. The van der Waals surface area contributed by atoms with Gasteiger partial charge in [0, 0.05) is 17.2 Å². The molecule has 0 radical (unpaired) electrons. The van der Waals surface area contributed by atoms with Gasteiger partial charge in [-0.3, -0.25) is 62.3 Å². The molecule has 13 aromatic rings. The lowest BCUT2D eigenvalue weighted by molar-refractivity contribution is -0.121. The van der Waals surface area contributed by atoms with Crippen molar-refractivity contribution in [2.45, 2.75) is 150 Å². The Hall–Kier alpha value is -13.5. The third kappa shape index (κ3) is 23.3. The Bertz CT molecular complexity index is 6950. The smallest absolute Gasteiger partial charge is 0.301 e. The number of benzene rings is 4. The van der Waals surface area contributed by atoms with Crippen molar-refractivity contribution in [3.63, 3.8) is 0 Å². The van der Waals surface area contributed by atoms with Gasteiger partial charge >= 0.3 is 17.6 Å². The third-order valence-corrected chi connectivity index (χ3v) is 24.9. The zero-order valence-corrected chi connectivity index (χ0v) is 78.8. The van der Waals surface area contributed by atoms with Gasteiger partial charge in [-0.2, -0.15) is 44.2 Å². The molecule has 1 amide bonds. The molecular weight excluding hydrogens is 2080 g/mol. The molecule has 5 saturated heterocycles. The molecule has 62 heteroatoms. The van der Waals surface area contributed by atoms with Crippen LogP contribution in [0.3, 0.4) is 0 Å². The fourth-order valence-corrected chi connectivity index (χ4v) is 17.1. The van der Waals surface area contributed by atoms with Crippen LogP contribution in [0.4, 0.5) is 57.5 Å². The van der Waals surface area contributed by atoms with Crippen LogP contribution in [0, 0.1) is 12.3 Å². The number of aliphatic hydroxyl groups excluding tert-OH is 11. The van der Waals surface area contributed by atoms with E-state index >= 15 is 0 Å². The maximum absolute atomic E-state index is 14.3. The molecule has 32 N–H and O–H groups in total. The highest BCUT2D eigenvalue weighted by Crippen LogP contribution is 2.44. The molecule has 5 fully saturated rings. The highest BCUT2D eigenvalue weighted by Gasteiger charge is 2.54. The Morgan fingerprint density at radius 3 is 1.22 bits per heavy atom. The normalized spacial score (nSPS) is 24.4. The van der Waals surface area contributed by atoms with E-state index in [2.05, 4.69) is 97.6 Å². The summed E-state index contributed by atoms with van der Waals surface area (Å²) in [6, 6.07) is 36.0. The summed E-state index contributed by atoms with van der Waals surface area (Å²) in [6.45, 7) is -0.995. The Morgan fingerprint density at radius 2 is 0.812 bits per heavy atom. The molecule has 9 aromatic heterocycles. The van der Waals surface area contributed by atoms with Gasteiger partial charge < -0.3 is 135 Å². The first-order valence-electron chi connectivity index (χ1n) is 42.3. The number of nitrogens with one attached hydrogen (secondary N) is 3. The van der Waals surface area contributed by atoms with E-state index < -0.39 is 197 Å². The number of nitrogens with zero attached hydrogens (tertiary/aromatic N) is 16. The summed E-state index contributed by atoms with van der Waals surface area (Å²) in [6.07, 6.45) is -24.0. The van der Waals surface area contributed by atoms with Crippen LogP contribution in [0.5, 0.6) is 12.0 Å². The summed E-state index contributed by atoms with van der Waals surface area (Å²) in [7, 11) is -3.13. The number of hydrogen-bond donors (Lipinski definition) is 22. The third-order valence-electron chi connectivity index (χ3n) is 21.8. The van der Waals surface area contributed by atoms with Gasteiger partial charge in [0.1, 0.15) is 74.3 Å². The summed E-state index contributed by atoms with van der Waals surface area (Å²) in [4.78, 5) is 116. The number of halogens is 7. The fraction of sp³-hybridized carbons (Fsp3) is 0.378. The van der Waals surface area contributed by atoms with Gasteiger partial charge in [-0.15, -0.1) is 6.42 Å². The maximum atomic E-state index is 14.3. The van der Waals surface area contributed by atoms with E-state index in [0.717, 1.165) is 20.6 Å². The number of rotatable bonds is 19. The van der Waals surface area contributed by atoms with Crippen LogP contribution in [-0.4, -0.2) is 298 Å². The summed E-state index contributed by atoms with van der Waals surface area (Å²) in [5.41, 5.74) is 25.8. The first kappa shape index (κ1) is 111. The SMILES string of the molecule is C#CCBr.CCO.NOP(=O)(c1ccccc1)c1ccccc1.Nc1nc2c(c(=O)n1N)CC(=O)N2[C@@H]1O[C@H](CO)[C@@H](F)[C@H]1O.Nc1nc2c(nc(Br)n2[C@@H]2O[C@H](CO)[C@H](F)[C@H]2O)c(=O)[nH]1.Nc1nc2c(nc(OCc3ccccc3)n2[C@@H]2O[C@H](CO)[C@H](F)[C@H]2O)c(=O)[nH]1.Nc1nc2c(nc(OCc3ccccc3)n2[C@@H]2O[C@H](CO)[C@H](F)[C@H]2O)c(=O)n1N.Nc1nc2c(ncn2[C@@H]2O[C@H](CO)[C@H](F)[C@H]2O)c(=O)[nH]1.O. The van der Waals surface area contributed by atoms with Crippen molar-refractivity contribution in [2.24, 2.45) is 5.90 Å². The number of aromatic amines is 3. The van der Waals surface area contributed by atoms with Crippen molar-refractivity contribution < 1.29 is 131 Å². The second-order valence-electron chi connectivity index (χ2n) is 31.0. The zero-order valence-electron chi connectivity index (χ0n) is 74.7. The van der Waals surface area contributed by atoms with E-state index in [9.17, 15) is 91.0 Å². The van der Waals surface area contributed by atoms with Gasteiger partial charge in [0.25, 0.3) is 29.6 Å². The topological polar surface area (TPSA) is 852 Å². The fourth-order valence-electron chi connectivity index (χ4n) is 14.9. The second kappa shape index (κ2) is 48.7. The van der Waals surface area contributed by atoms with E-state index in [1.54, 1.807) is 31.2 Å². The second-order valence-corrected chi connectivity index (χ2v) is 34.6. The van der Waals surface area contributed by atoms with E-state index in [4.69, 9.17) is 111 Å².